The van der Waals surface area contributed by atoms with Gasteiger partial charge in [-0.3, -0.25) is 5.41 Å². The highest BCUT2D eigenvalue weighted by atomic mass is 79.9. The predicted molar refractivity (Wildman–Crippen MR) is 82.5 cm³/mol. The van der Waals surface area contributed by atoms with E-state index in [1.165, 1.54) is 0 Å². The summed E-state index contributed by atoms with van der Waals surface area (Å²) < 4.78 is 0.826. The molecule has 0 fully saturated rings. The van der Waals surface area contributed by atoms with Crippen molar-refractivity contribution in [3.8, 4) is 0 Å². The molecule has 4 nitrogen and oxygen atoms in total. The average molecular weight is 340 g/mol. The van der Waals surface area contributed by atoms with Gasteiger partial charge in [-0.1, -0.05) is 23.7 Å². The number of amidine groups is 1. The molecule has 1 aromatic carbocycles. The normalized spacial score (nSPS) is 10.3. The Morgan fingerprint density at radius 2 is 2.16 bits per heavy atom. The van der Waals surface area contributed by atoms with Crippen LogP contribution in [-0.4, -0.2) is 17.9 Å². The molecule has 0 aliphatic rings. The lowest BCUT2D eigenvalue weighted by atomic mass is 10.2. The molecule has 2 aromatic rings. The van der Waals surface area contributed by atoms with E-state index < -0.39 is 0 Å². The maximum Gasteiger partial charge on any atom is 0.151 e. The first-order valence-corrected chi connectivity index (χ1v) is 6.65. The quantitative estimate of drug-likeness (QED) is 0.664. The van der Waals surface area contributed by atoms with Crippen molar-refractivity contribution in [1.82, 2.24) is 4.98 Å². The monoisotopic (exact) mass is 338 g/mol. The molecule has 0 radical (unpaired) electrons. The molecule has 0 amide bonds. The number of nitrogens with two attached hydrogens (primary N) is 1. The number of aromatic nitrogens is 1. The zero-order valence-electron chi connectivity index (χ0n) is 10.2. The molecule has 1 heterocycles. The molecule has 0 spiro atoms. The van der Waals surface area contributed by atoms with Crippen molar-refractivity contribution in [2.24, 2.45) is 5.73 Å². The van der Waals surface area contributed by atoms with Crippen molar-refractivity contribution in [2.45, 2.75) is 0 Å². The maximum absolute atomic E-state index is 7.46. The van der Waals surface area contributed by atoms with Crippen molar-refractivity contribution in [2.75, 3.05) is 11.9 Å². The number of hydrogen-bond donors (Lipinski definition) is 2. The highest BCUT2D eigenvalue weighted by Crippen LogP contribution is 2.30. The Kier molecular flexibility index (Phi) is 4.07. The van der Waals surface area contributed by atoms with E-state index in [9.17, 15) is 0 Å². The second kappa shape index (κ2) is 5.59. The number of nitrogen functional groups attached to an aromatic ring is 1. The van der Waals surface area contributed by atoms with E-state index >= 15 is 0 Å². The summed E-state index contributed by atoms with van der Waals surface area (Å²) >= 11 is 9.50. The SMILES string of the molecule is CN(c1cccc(C(=N)N)c1)c1ncc(Br)cc1Cl. The van der Waals surface area contributed by atoms with Crippen molar-refractivity contribution < 1.29 is 0 Å². The van der Waals surface area contributed by atoms with Crippen LogP contribution in [0.3, 0.4) is 0 Å². The molecule has 0 bridgehead atoms. The van der Waals surface area contributed by atoms with Crippen LogP contribution in [0, 0.1) is 5.41 Å². The van der Waals surface area contributed by atoms with E-state index in [4.69, 9.17) is 22.7 Å². The van der Waals surface area contributed by atoms with E-state index in [1.807, 2.05) is 30.1 Å². The fourth-order valence-corrected chi connectivity index (χ4v) is 2.41. The molecule has 0 aliphatic heterocycles. The van der Waals surface area contributed by atoms with Gasteiger partial charge in [-0.15, -0.1) is 0 Å². The fourth-order valence-electron chi connectivity index (χ4n) is 1.66. The van der Waals surface area contributed by atoms with Crippen molar-refractivity contribution in [1.29, 1.82) is 5.41 Å². The highest BCUT2D eigenvalue weighted by molar-refractivity contribution is 9.10. The van der Waals surface area contributed by atoms with Gasteiger partial charge in [-0.25, -0.2) is 4.98 Å². The van der Waals surface area contributed by atoms with E-state index in [1.54, 1.807) is 18.3 Å². The maximum atomic E-state index is 7.46. The number of halogens is 2. The van der Waals surface area contributed by atoms with Gasteiger partial charge in [0.05, 0.1) is 5.02 Å². The van der Waals surface area contributed by atoms with Crippen LogP contribution in [0.4, 0.5) is 11.5 Å². The minimum atomic E-state index is 0.0325. The summed E-state index contributed by atoms with van der Waals surface area (Å²) in [5, 5.41) is 8.01. The van der Waals surface area contributed by atoms with Crippen molar-refractivity contribution in [3.63, 3.8) is 0 Å². The van der Waals surface area contributed by atoms with Gasteiger partial charge in [-0.05, 0) is 34.1 Å². The summed E-state index contributed by atoms with van der Waals surface area (Å²) in [6, 6.07) is 9.15. The number of pyridine rings is 1. The molecular weight excluding hydrogens is 328 g/mol. The van der Waals surface area contributed by atoms with Gasteiger partial charge in [0.1, 0.15) is 5.84 Å². The van der Waals surface area contributed by atoms with Crippen molar-refractivity contribution >= 4 is 44.9 Å². The molecule has 6 heteroatoms. The predicted octanol–water partition coefficient (Wildman–Crippen LogP) is 3.55. The lowest BCUT2D eigenvalue weighted by Crippen LogP contribution is -2.15. The lowest BCUT2D eigenvalue weighted by Gasteiger charge is -2.20. The summed E-state index contributed by atoms with van der Waals surface area (Å²) in [7, 11) is 1.86. The largest absolute Gasteiger partial charge is 0.384 e. The third-order valence-electron chi connectivity index (χ3n) is 2.65. The Hall–Kier alpha value is -1.59. The Morgan fingerprint density at radius 1 is 1.42 bits per heavy atom. The number of rotatable bonds is 3. The van der Waals surface area contributed by atoms with E-state index in [2.05, 4.69) is 20.9 Å². The van der Waals surface area contributed by atoms with Gasteiger partial charge in [0.2, 0.25) is 0 Å². The average Bonchev–Trinajstić information content (AvgIpc) is 2.38. The number of benzene rings is 1. The summed E-state index contributed by atoms with van der Waals surface area (Å²) in [5.74, 6) is 0.677. The smallest absolute Gasteiger partial charge is 0.151 e. The van der Waals surface area contributed by atoms with Gasteiger partial charge in [-0.2, -0.15) is 0 Å². The number of hydrogen-bond acceptors (Lipinski definition) is 3. The van der Waals surface area contributed by atoms with Crippen LogP contribution in [0.15, 0.2) is 41.0 Å². The molecule has 1 aromatic heterocycles. The van der Waals surface area contributed by atoms with Gasteiger partial charge in [0.25, 0.3) is 0 Å². The third kappa shape index (κ3) is 3.05. The van der Waals surface area contributed by atoms with E-state index in [0.717, 1.165) is 10.2 Å². The Bertz CT molecular complexity index is 630. The zero-order valence-corrected chi connectivity index (χ0v) is 12.5. The molecule has 0 saturated carbocycles. The summed E-state index contributed by atoms with van der Waals surface area (Å²) in [5.41, 5.74) is 7.02. The van der Waals surface area contributed by atoms with Gasteiger partial charge < -0.3 is 10.6 Å². The van der Waals surface area contributed by atoms with Crippen LogP contribution in [-0.2, 0) is 0 Å². The Labute approximate surface area is 124 Å². The van der Waals surface area contributed by atoms with E-state index in [-0.39, 0.29) is 5.84 Å². The lowest BCUT2D eigenvalue weighted by molar-refractivity contribution is 1.12. The Morgan fingerprint density at radius 3 is 2.79 bits per heavy atom. The van der Waals surface area contributed by atoms with Crippen LogP contribution >= 0.6 is 27.5 Å². The van der Waals surface area contributed by atoms with Gasteiger partial charge in [0, 0.05) is 29.0 Å². The third-order valence-corrected chi connectivity index (χ3v) is 3.36. The second-order valence-corrected chi connectivity index (χ2v) is 5.30. The second-order valence-electron chi connectivity index (χ2n) is 3.98. The van der Waals surface area contributed by atoms with Crippen molar-refractivity contribution in [3.05, 3.63) is 51.6 Å². The molecule has 2 rings (SSSR count). The Balaban J connectivity index is 2.41. The summed E-state index contributed by atoms with van der Waals surface area (Å²) in [6.07, 6.45) is 1.69. The molecule has 19 heavy (non-hydrogen) atoms. The fraction of sp³-hybridized carbons (Fsp3) is 0.0769. The standard InChI is InChI=1S/C13H12BrClN4/c1-19(13-11(15)6-9(14)7-18-13)10-4-2-3-8(5-10)12(16)17/h2-7H,1H3,(H3,16,17). The molecule has 0 saturated heterocycles. The van der Waals surface area contributed by atoms with Crippen LogP contribution in [0.25, 0.3) is 0 Å². The van der Waals surface area contributed by atoms with E-state index in [0.29, 0.717) is 16.4 Å². The molecule has 0 atom stereocenters. The molecule has 0 aliphatic carbocycles. The first-order valence-electron chi connectivity index (χ1n) is 5.48. The number of nitrogens with one attached hydrogen (secondary N) is 1. The van der Waals surface area contributed by atoms with Gasteiger partial charge >= 0.3 is 0 Å². The first kappa shape index (κ1) is 13.8. The molecule has 0 unspecified atom stereocenters. The van der Waals surface area contributed by atoms with Crippen LogP contribution in [0.1, 0.15) is 5.56 Å². The highest BCUT2D eigenvalue weighted by Gasteiger charge is 2.11. The topological polar surface area (TPSA) is 66.0 Å². The van der Waals surface area contributed by atoms with Gasteiger partial charge in [0.15, 0.2) is 5.82 Å². The zero-order chi connectivity index (χ0) is 14.0. The van der Waals surface area contributed by atoms with Crippen LogP contribution < -0.4 is 10.6 Å². The summed E-state index contributed by atoms with van der Waals surface area (Å²) in [6.45, 7) is 0. The number of anilines is 2. The summed E-state index contributed by atoms with van der Waals surface area (Å²) in [4.78, 5) is 6.14. The minimum Gasteiger partial charge on any atom is -0.384 e. The van der Waals surface area contributed by atoms with Crippen LogP contribution in [0.5, 0.6) is 0 Å². The first-order chi connectivity index (χ1) is 8.99. The minimum absolute atomic E-state index is 0.0325. The van der Waals surface area contributed by atoms with Crippen LogP contribution in [0.2, 0.25) is 5.02 Å². The number of nitrogens with zero attached hydrogens (tertiary/aromatic N) is 2. The molecule has 98 valence electrons. The molecule has 3 N–H and O–H groups in total. The molecular formula is C13H12BrClN4.